The molecule has 0 radical (unpaired) electrons. The van der Waals surface area contributed by atoms with Gasteiger partial charge in [0, 0.05) is 42.7 Å². The van der Waals surface area contributed by atoms with Crippen LogP contribution < -0.4 is 5.32 Å². The molecule has 25 heavy (non-hydrogen) atoms. The molecule has 7 heteroatoms. The monoisotopic (exact) mass is 339 g/mol. The van der Waals surface area contributed by atoms with Crippen LogP contribution in [0.1, 0.15) is 23.9 Å². The molecule has 0 bridgehead atoms. The number of hydrogen-bond donors (Lipinski definition) is 2. The fourth-order valence-corrected chi connectivity index (χ4v) is 3.27. The van der Waals surface area contributed by atoms with Gasteiger partial charge in [0.15, 0.2) is 0 Å². The van der Waals surface area contributed by atoms with Crippen LogP contribution in [0, 0.1) is 12.8 Å². The first-order chi connectivity index (χ1) is 12.1. The van der Waals surface area contributed by atoms with Crippen LogP contribution in [-0.4, -0.2) is 39.3 Å². The van der Waals surface area contributed by atoms with Crippen molar-refractivity contribution in [2.24, 2.45) is 5.92 Å². The van der Waals surface area contributed by atoms with E-state index in [9.17, 15) is 4.79 Å². The Morgan fingerprint density at radius 2 is 2.28 bits per heavy atom. The van der Waals surface area contributed by atoms with Crippen molar-refractivity contribution in [2.75, 3.05) is 18.4 Å². The van der Waals surface area contributed by atoms with Gasteiger partial charge in [-0.05, 0) is 25.1 Å². The highest BCUT2D eigenvalue weighted by Crippen LogP contribution is 2.24. The summed E-state index contributed by atoms with van der Waals surface area (Å²) in [5, 5.41) is 14.9. The van der Waals surface area contributed by atoms with Gasteiger partial charge in [-0.3, -0.25) is 14.8 Å². The summed E-state index contributed by atoms with van der Waals surface area (Å²) in [6.07, 6.45) is 2.59. The molecule has 1 amide bonds. The molecule has 3 aromatic rings. The van der Waals surface area contributed by atoms with E-state index in [2.05, 4.69) is 32.5 Å². The molecule has 1 aliphatic heterocycles. The maximum Gasteiger partial charge on any atom is 0.230 e. The molecule has 2 N–H and O–H groups in total. The third-order valence-electron chi connectivity index (χ3n) is 4.80. The Morgan fingerprint density at radius 1 is 1.44 bits per heavy atom. The maximum atomic E-state index is 12.4. The molecule has 1 aliphatic rings. The fraction of sp³-hybridized carbons (Fsp3) is 0.389. The number of likely N-dealkylation sites (tertiary alicyclic amines) is 1. The Bertz CT molecular complexity index is 907. The van der Waals surface area contributed by atoms with Gasteiger partial charge in [0.25, 0.3) is 0 Å². The lowest BCUT2D eigenvalue weighted by molar-refractivity contribution is -0.125. The van der Waals surface area contributed by atoms with Gasteiger partial charge >= 0.3 is 0 Å². The van der Waals surface area contributed by atoms with Gasteiger partial charge < -0.3 is 9.84 Å². The van der Waals surface area contributed by atoms with Crippen molar-refractivity contribution in [3.05, 3.63) is 41.4 Å². The van der Waals surface area contributed by atoms with Crippen LogP contribution in [0.5, 0.6) is 0 Å². The molecule has 4 rings (SSSR count). The van der Waals surface area contributed by atoms with Gasteiger partial charge in [-0.2, -0.15) is 5.10 Å². The number of nitrogens with zero attached hydrogens (tertiary/aromatic N) is 3. The van der Waals surface area contributed by atoms with Crippen LogP contribution in [0.2, 0.25) is 0 Å². The van der Waals surface area contributed by atoms with Crippen LogP contribution in [0.25, 0.3) is 10.9 Å². The van der Waals surface area contributed by atoms with Crippen molar-refractivity contribution >= 4 is 22.5 Å². The second-order valence-electron chi connectivity index (χ2n) is 6.58. The highest BCUT2D eigenvalue weighted by molar-refractivity contribution is 5.95. The molecule has 0 unspecified atom stereocenters. The van der Waals surface area contributed by atoms with Crippen molar-refractivity contribution in [1.82, 2.24) is 20.3 Å². The van der Waals surface area contributed by atoms with Crippen LogP contribution in [0.3, 0.4) is 0 Å². The smallest absolute Gasteiger partial charge is 0.230 e. The van der Waals surface area contributed by atoms with Crippen molar-refractivity contribution in [2.45, 2.75) is 26.8 Å². The summed E-state index contributed by atoms with van der Waals surface area (Å²) in [7, 11) is 0. The second-order valence-corrected chi connectivity index (χ2v) is 6.58. The summed E-state index contributed by atoms with van der Waals surface area (Å²) < 4.78 is 5.33. The number of rotatable bonds is 5. The number of aryl methyl sites for hydroxylation is 2. The molecule has 0 spiro atoms. The number of anilines is 1. The first-order valence-corrected chi connectivity index (χ1v) is 8.54. The lowest BCUT2D eigenvalue weighted by Crippen LogP contribution is -2.51. The van der Waals surface area contributed by atoms with Gasteiger partial charge in [0.1, 0.15) is 5.76 Å². The summed E-state index contributed by atoms with van der Waals surface area (Å²) in [6, 6.07) is 5.75. The van der Waals surface area contributed by atoms with Gasteiger partial charge in [0.05, 0.1) is 23.3 Å². The van der Waals surface area contributed by atoms with E-state index in [0.29, 0.717) is 0 Å². The fourth-order valence-electron chi connectivity index (χ4n) is 3.27. The molecule has 1 fully saturated rings. The minimum Gasteiger partial charge on any atom is -0.361 e. The molecule has 3 heterocycles. The number of amides is 1. The van der Waals surface area contributed by atoms with E-state index in [4.69, 9.17) is 4.52 Å². The van der Waals surface area contributed by atoms with E-state index >= 15 is 0 Å². The highest BCUT2D eigenvalue weighted by atomic mass is 16.5. The minimum absolute atomic E-state index is 0.0188. The zero-order chi connectivity index (χ0) is 17.4. The van der Waals surface area contributed by atoms with E-state index in [1.165, 1.54) is 0 Å². The van der Waals surface area contributed by atoms with Crippen molar-refractivity contribution in [3.8, 4) is 0 Å². The molecular formula is C18H21N5O2. The van der Waals surface area contributed by atoms with Crippen LogP contribution in [0.4, 0.5) is 5.69 Å². The molecule has 0 saturated carbocycles. The normalized spacial score (nSPS) is 15.4. The van der Waals surface area contributed by atoms with Gasteiger partial charge in [-0.1, -0.05) is 12.1 Å². The number of carbonyl (C=O) groups is 1. The van der Waals surface area contributed by atoms with E-state index in [-0.39, 0.29) is 11.8 Å². The number of fused-ring (bicyclic) bond motifs is 1. The summed E-state index contributed by atoms with van der Waals surface area (Å²) in [5.74, 6) is 1.03. The molecule has 130 valence electrons. The lowest BCUT2D eigenvalue weighted by Gasteiger charge is -2.38. The molecule has 1 aromatic carbocycles. The number of benzene rings is 1. The van der Waals surface area contributed by atoms with Crippen molar-refractivity contribution < 1.29 is 9.32 Å². The summed E-state index contributed by atoms with van der Waals surface area (Å²) in [5.41, 5.74) is 3.87. The second kappa shape index (κ2) is 6.33. The van der Waals surface area contributed by atoms with Gasteiger partial charge in [0.2, 0.25) is 5.91 Å². The number of aromatic nitrogens is 3. The van der Waals surface area contributed by atoms with Crippen LogP contribution >= 0.6 is 0 Å². The Hall–Kier alpha value is -2.67. The number of hydrogen-bond acceptors (Lipinski definition) is 5. The summed E-state index contributed by atoms with van der Waals surface area (Å²) in [6.45, 7) is 6.34. The maximum absolute atomic E-state index is 12.4. The third-order valence-corrected chi connectivity index (χ3v) is 4.80. The van der Waals surface area contributed by atoms with Crippen molar-refractivity contribution in [3.63, 3.8) is 0 Å². The molecule has 2 aromatic heterocycles. The molecular weight excluding hydrogens is 318 g/mol. The first-order valence-electron chi connectivity index (χ1n) is 8.54. The topological polar surface area (TPSA) is 87.0 Å². The summed E-state index contributed by atoms with van der Waals surface area (Å²) >= 11 is 0. The minimum atomic E-state index is 0.0188. The number of nitrogens with one attached hydrogen (secondary N) is 2. The average molecular weight is 339 g/mol. The number of aromatic amines is 1. The zero-order valence-corrected chi connectivity index (χ0v) is 14.4. The Morgan fingerprint density at radius 3 is 3.08 bits per heavy atom. The predicted octanol–water partition coefficient (Wildman–Crippen LogP) is 2.49. The van der Waals surface area contributed by atoms with Gasteiger partial charge in [-0.15, -0.1) is 0 Å². The average Bonchev–Trinajstić information content (AvgIpc) is 3.16. The third kappa shape index (κ3) is 3.02. The van der Waals surface area contributed by atoms with E-state index < -0.39 is 0 Å². The quantitative estimate of drug-likeness (QED) is 0.746. The van der Waals surface area contributed by atoms with Gasteiger partial charge in [-0.25, -0.2) is 0 Å². The molecule has 0 atom stereocenters. The van der Waals surface area contributed by atoms with Crippen LogP contribution in [-0.2, 0) is 17.8 Å². The lowest BCUT2D eigenvalue weighted by atomic mass is 9.97. The Labute approximate surface area is 145 Å². The van der Waals surface area contributed by atoms with Crippen molar-refractivity contribution in [1.29, 1.82) is 0 Å². The number of H-pyrrole nitrogens is 1. The van der Waals surface area contributed by atoms with Crippen LogP contribution in [0.15, 0.2) is 28.9 Å². The Kier molecular flexibility index (Phi) is 4.01. The zero-order valence-electron chi connectivity index (χ0n) is 14.4. The highest BCUT2D eigenvalue weighted by Gasteiger charge is 2.33. The first kappa shape index (κ1) is 15.8. The van der Waals surface area contributed by atoms with E-state index in [1.54, 1.807) is 6.20 Å². The largest absolute Gasteiger partial charge is 0.361 e. The standard InChI is InChI=1S/C18H21N5O2/c1-3-17-15(11(2)22-25-17)10-23-8-13(9-23)18(24)20-14-4-5-16-12(6-14)7-19-21-16/h4-7,13H,3,8-10H2,1-2H3,(H,19,21)(H,20,24). The molecule has 1 saturated heterocycles. The Balaban J connectivity index is 1.33. The van der Waals surface area contributed by atoms with E-state index in [0.717, 1.165) is 59.7 Å². The molecule has 7 nitrogen and oxygen atoms in total. The van der Waals surface area contributed by atoms with E-state index in [1.807, 2.05) is 25.1 Å². The summed E-state index contributed by atoms with van der Waals surface area (Å²) in [4.78, 5) is 14.7. The number of carbonyl (C=O) groups excluding carboxylic acids is 1. The SMILES string of the molecule is CCc1onc(C)c1CN1CC(C(=O)Nc2ccc3[nH]ncc3c2)C1. The molecule has 0 aliphatic carbocycles. The predicted molar refractivity (Wildman–Crippen MR) is 94.1 cm³/mol.